The summed E-state index contributed by atoms with van der Waals surface area (Å²) in [6.45, 7) is 11.7. The third-order valence-corrected chi connectivity index (χ3v) is 13.0. The highest BCUT2D eigenvalue weighted by molar-refractivity contribution is 7.86. The Morgan fingerprint density at radius 2 is 1.46 bits per heavy atom. The maximum absolute atomic E-state index is 14.0. The van der Waals surface area contributed by atoms with E-state index in [2.05, 4.69) is 15.6 Å². The van der Waals surface area contributed by atoms with Crippen molar-refractivity contribution in [3.8, 4) is 10.4 Å². The third-order valence-electron chi connectivity index (χ3n) is 10.7. The first-order chi connectivity index (χ1) is 27.1. The van der Waals surface area contributed by atoms with Crippen molar-refractivity contribution in [3.63, 3.8) is 0 Å². The Morgan fingerprint density at radius 3 is 2.02 bits per heavy atom. The minimum atomic E-state index is -3.70. The number of amides is 3. The van der Waals surface area contributed by atoms with Crippen molar-refractivity contribution in [1.82, 2.24) is 20.5 Å². The lowest BCUT2D eigenvalue weighted by atomic mass is 9.85. The number of aryl methyl sites for hydroxylation is 2. The number of benzene rings is 2. The Balaban J connectivity index is 1.11. The summed E-state index contributed by atoms with van der Waals surface area (Å²) in [5.41, 5.74) is 5.18. The van der Waals surface area contributed by atoms with Crippen LogP contribution in [0.25, 0.3) is 10.4 Å². The van der Waals surface area contributed by atoms with E-state index in [1.165, 1.54) is 4.90 Å². The first-order valence-electron chi connectivity index (χ1n) is 20.6. The molecule has 11 nitrogen and oxygen atoms in total. The number of aliphatic hydroxyl groups excluding tert-OH is 1. The zero-order valence-corrected chi connectivity index (χ0v) is 36.4. The summed E-state index contributed by atoms with van der Waals surface area (Å²) in [6.07, 6.45) is 10.7. The fourth-order valence-electron chi connectivity index (χ4n) is 7.17. The largest absolute Gasteiger partial charge is 0.391 e. The SMILES string of the molecule is Cc1ccc(S(=O)(=O)OCCCCCCCCCCCCCC(=O)N[C@H](C(=O)N2C[C@H](O)C[C@H]2C(=O)N[C@@H](C)c2ccc(-c3scnc3C)cc2)C(C)(C)C)cc1. The van der Waals surface area contributed by atoms with Crippen molar-refractivity contribution in [2.75, 3.05) is 13.2 Å². The summed E-state index contributed by atoms with van der Waals surface area (Å²) >= 11 is 1.58. The molecular formula is C44H64N4O7S2. The second kappa shape index (κ2) is 21.9. The van der Waals surface area contributed by atoms with E-state index in [4.69, 9.17) is 4.18 Å². The van der Waals surface area contributed by atoms with E-state index in [1.54, 1.807) is 35.6 Å². The van der Waals surface area contributed by atoms with E-state index in [0.717, 1.165) is 91.5 Å². The molecular weight excluding hydrogens is 761 g/mol. The lowest BCUT2D eigenvalue weighted by Gasteiger charge is -2.35. The molecule has 0 spiro atoms. The Hall–Kier alpha value is -3.65. The molecule has 0 bridgehead atoms. The molecule has 2 heterocycles. The van der Waals surface area contributed by atoms with Gasteiger partial charge in [-0.2, -0.15) is 8.42 Å². The number of carbonyl (C=O) groups excluding carboxylic acids is 3. The molecule has 2 aromatic carbocycles. The molecule has 4 atom stereocenters. The number of nitrogens with one attached hydrogen (secondary N) is 2. The Bertz CT molecular complexity index is 1840. The van der Waals surface area contributed by atoms with E-state index >= 15 is 0 Å². The molecule has 1 fully saturated rings. The topological polar surface area (TPSA) is 155 Å². The Kier molecular flexibility index (Phi) is 17.7. The predicted octanol–water partition coefficient (Wildman–Crippen LogP) is 8.18. The van der Waals surface area contributed by atoms with Crippen molar-refractivity contribution in [2.24, 2.45) is 5.41 Å². The Labute approximate surface area is 344 Å². The second-order valence-corrected chi connectivity index (χ2v) is 19.1. The van der Waals surface area contributed by atoms with Crippen molar-refractivity contribution in [2.45, 2.75) is 154 Å². The number of thiazole rings is 1. The summed E-state index contributed by atoms with van der Waals surface area (Å²) in [6, 6.07) is 12.7. The van der Waals surface area contributed by atoms with Crippen molar-refractivity contribution < 1.29 is 32.1 Å². The number of rotatable bonds is 22. The van der Waals surface area contributed by atoms with Gasteiger partial charge in [0.25, 0.3) is 10.1 Å². The monoisotopic (exact) mass is 824 g/mol. The summed E-state index contributed by atoms with van der Waals surface area (Å²) < 4.78 is 29.7. The van der Waals surface area contributed by atoms with Crippen LogP contribution in [0.4, 0.5) is 0 Å². The second-order valence-electron chi connectivity index (χ2n) is 16.6. The molecule has 3 N–H and O–H groups in total. The molecule has 314 valence electrons. The maximum atomic E-state index is 14.0. The number of nitrogens with zero attached hydrogens (tertiary/aromatic N) is 2. The highest BCUT2D eigenvalue weighted by atomic mass is 32.2. The smallest absolute Gasteiger partial charge is 0.296 e. The van der Waals surface area contributed by atoms with Crippen LogP contribution in [0.2, 0.25) is 0 Å². The zero-order chi connectivity index (χ0) is 41.6. The van der Waals surface area contributed by atoms with E-state index in [-0.39, 0.29) is 48.2 Å². The van der Waals surface area contributed by atoms with E-state index in [0.29, 0.717) is 12.8 Å². The van der Waals surface area contributed by atoms with Crippen LogP contribution in [-0.2, 0) is 28.7 Å². The van der Waals surface area contributed by atoms with E-state index < -0.39 is 33.7 Å². The van der Waals surface area contributed by atoms with Gasteiger partial charge < -0.3 is 20.6 Å². The quantitative estimate of drug-likeness (QED) is 0.0677. The molecule has 3 amide bonds. The number of aromatic nitrogens is 1. The van der Waals surface area contributed by atoms with Crippen LogP contribution in [0.5, 0.6) is 0 Å². The predicted molar refractivity (Wildman–Crippen MR) is 226 cm³/mol. The van der Waals surface area contributed by atoms with Crippen LogP contribution in [-0.4, -0.2) is 72.5 Å². The fraction of sp³-hybridized carbons (Fsp3) is 0.591. The highest BCUT2D eigenvalue weighted by Gasteiger charge is 2.44. The Morgan fingerprint density at radius 1 is 0.877 bits per heavy atom. The number of β-amino-alcohol motifs (C(OH)–C–C–N with tert-alkyl or cyclic N) is 1. The highest BCUT2D eigenvalue weighted by Crippen LogP contribution is 2.30. The molecule has 1 aromatic heterocycles. The first-order valence-corrected chi connectivity index (χ1v) is 22.9. The molecule has 0 saturated carbocycles. The van der Waals surface area contributed by atoms with E-state index in [9.17, 15) is 27.9 Å². The van der Waals surface area contributed by atoms with Crippen molar-refractivity contribution >= 4 is 39.2 Å². The molecule has 0 aliphatic carbocycles. The number of hydrogen-bond acceptors (Lipinski definition) is 9. The van der Waals surface area contributed by atoms with Gasteiger partial charge in [-0.3, -0.25) is 18.6 Å². The molecule has 57 heavy (non-hydrogen) atoms. The number of hydrogen-bond donors (Lipinski definition) is 3. The summed E-state index contributed by atoms with van der Waals surface area (Å²) in [5.74, 6) is -0.875. The van der Waals surface area contributed by atoms with Crippen LogP contribution in [0.1, 0.15) is 134 Å². The maximum Gasteiger partial charge on any atom is 0.296 e. The fourth-order valence-corrected chi connectivity index (χ4v) is 8.92. The van der Waals surface area contributed by atoms with Gasteiger partial charge in [0.15, 0.2) is 0 Å². The molecule has 1 saturated heterocycles. The molecule has 3 aromatic rings. The van der Waals surface area contributed by atoms with Gasteiger partial charge in [0.05, 0.1) is 39.7 Å². The number of unbranched alkanes of at least 4 members (excludes halogenated alkanes) is 10. The lowest BCUT2D eigenvalue weighted by Crippen LogP contribution is -2.57. The van der Waals surface area contributed by atoms with Gasteiger partial charge in [-0.1, -0.05) is 121 Å². The standard InChI is InChI=1S/C44H64N4O7S2/c1-31-19-25-37(26-20-31)57(53,54)55-27-17-15-13-11-9-7-8-10-12-14-16-18-39(50)47-41(44(4,5)6)43(52)48-29-36(49)28-38(48)42(51)46-32(2)34-21-23-35(24-22-34)40-33(3)45-30-56-40/h19-26,30,32,36,38,41,49H,7-18,27-29H2,1-6H3,(H,46,51)(H,47,50)/t32-,36+,38-,41+/m0/s1. The van der Waals surface area contributed by atoms with Gasteiger partial charge in [-0.25, -0.2) is 4.98 Å². The molecule has 4 rings (SSSR count). The number of aliphatic hydroxyl groups is 1. The van der Waals surface area contributed by atoms with Gasteiger partial charge >= 0.3 is 0 Å². The summed E-state index contributed by atoms with van der Waals surface area (Å²) in [5, 5.41) is 16.6. The molecule has 0 unspecified atom stereocenters. The van der Waals surface area contributed by atoms with Gasteiger partial charge in [0, 0.05) is 19.4 Å². The normalized spacial score (nSPS) is 17.0. The van der Waals surface area contributed by atoms with Crippen molar-refractivity contribution in [3.05, 3.63) is 70.9 Å². The van der Waals surface area contributed by atoms with Gasteiger partial charge in [0.1, 0.15) is 12.1 Å². The molecule has 0 radical (unpaired) electrons. The van der Waals surface area contributed by atoms with Crippen LogP contribution in [0.15, 0.2) is 58.9 Å². The van der Waals surface area contributed by atoms with Crippen molar-refractivity contribution in [1.29, 1.82) is 0 Å². The summed E-state index contributed by atoms with van der Waals surface area (Å²) in [7, 11) is -3.70. The van der Waals surface area contributed by atoms with E-state index in [1.807, 2.05) is 71.3 Å². The number of likely N-dealkylation sites (tertiary alicyclic amines) is 1. The zero-order valence-electron chi connectivity index (χ0n) is 34.7. The van der Waals surface area contributed by atoms with Crippen LogP contribution < -0.4 is 10.6 Å². The number of carbonyl (C=O) groups is 3. The average molecular weight is 825 g/mol. The summed E-state index contributed by atoms with van der Waals surface area (Å²) in [4.78, 5) is 47.7. The molecule has 13 heteroatoms. The van der Waals surface area contributed by atoms with Gasteiger partial charge in [-0.15, -0.1) is 11.3 Å². The van der Waals surface area contributed by atoms with Crippen LogP contribution >= 0.6 is 11.3 Å². The molecule has 1 aliphatic rings. The lowest BCUT2D eigenvalue weighted by molar-refractivity contribution is -0.144. The average Bonchev–Trinajstić information content (AvgIpc) is 3.78. The van der Waals surface area contributed by atoms with Crippen LogP contribution in [0.3, 0.4) is 0 Å². The third kappa shape index (κ3) is 14.3. The van der Waals surface area contributed by atoms with Crippen LogP contribution in [0, 0.1) is 19.3 Å². The molecule has 1 aliphatic heterocycles. The minimum Gasteiger partial charge on any atom is -0.391 e. The minimum absolute atomic E-state index is 0.0347. The van der Waals surface area contributed by atoms with Gasteiger partial charge in [0.2, 0.25) is 17.7 Å². The van der Waals surface area contributed by atoms with Gasteiger partial charge in [-0.05, 0) is 62.3 Å². The first kappa shape index (κ1) is 46.0.